The van der Waals surface area contributed by atoms with E-state index in [2.05, 4.69) is 11.8 Å². The van der Waals surface area contributed by atoms with Crippen LogP contribution in [0.5, 0.6) is 0 Å². The lowest BCUT2D eigenvalue weighted by atomic mass is 9.99. The summed E-state index contributed by atoms with van der Waals surface area (Å²) in [4.78, 5) is 36.4. The lowest BCUT2D eigenvalue weighted by Crippen LogP contribution is -2.36. The Morgan fingerprint density at radius 1 is 1.11 bits per heavy atom. The number of aryl methyl sites for hydroxylation is 1. The summed E-state index contributed by atoms with van der Waals surface area (Å²) in [6, 6.07) is 13.5. The Morgan fingerprint density at radius 3 is 2.54 bits per heavy atom. The van der Waals surface area contributed by atoms with Gasteiger partial charge in [0.25, 0.3) is 11.5 Å². The fourth-order valence-electron chi connectivity index (χ4n) is 4.66. The Hall–Kier alpha value is -2.97. The number of rotatable bonds is 4. The number of anilines is 1. The van der Waals surface area contributed by atoms with Crippen LogP contribution < -0.4 is 10.5 Å². The number of fused-ring (bicyclic) bond motifs is 1. The minimum atomic E-state index is -0.198. The van der Waals surface area contributed by atoms with Gasteiger partial charge in [-0.3, -0.25) is 18.9 Å². The molecule has 2 aliphatic heterocycles. The molecule has 5 rings (SSSR count). The van der Waals surface area contributed by atoms with Crippen LogP contribution >= 0.6 is 24.0 Å². The van der Waals surface area contributed by atoms with Crippen molar-refractivity contribution in [2.75, 3.05) is 18.0 Å². The molecular formula is C27H28N4O2S2. The molecule has 0 radical (unpaired) electrons. The van der Waals surface area contributed by atoms with Gasteiger partial charge in [0.15, 0.2) is 0 Å². The fraction of sp³-hybridized carbons (Fsp3) is 0.333. The summed E-state index contributed by atoms with van der Waals surface area (Å²) in [7, 11) is 0. The Kier molecular flexibility index (Phi) is 6.51. The van der Waals surface area contributed by atoms with E-state index in [4.69, 9.17) is 17.2 Å². The first kappa shape index (κ1) is 23.8. The quantitative estimate of drug-likeness (QED) is 0.360. The minimum absolute atomic E-state index is 0.173. The lowest BCUT2D eigenvalue weighted by molar-refractivity contribution is -0.123. The Balaban J connectivity index is 1.59. The highest BCUT2D eigenvalue weighted by molar-refractivity contribution is 8.26. The largest absolute Gasteiger partial charge is 0.356 e. The molecule has 2 saturated heterocycles. The van der Waals surface area contributed by atoms with Crippen molar-refractivity contribution in [1.29, 1.82) is 0 Å². The number of piperidine rings is 1. The van der Waals surface area contributed by atoms with Crippen LogP contribution in [-0.2, 0) is 4.79 Å². The second-order valence-corrected chi connectivity index (χ2v) is 11.1. The van der Waals surface area contributed by atoms with Crippen molar-refractivity contribution in [3.05, 3.63) is 80.6 Å². The summed E-state index contributed by atoms with van der Waals surface area (Å²) >= 11 is 6.85. The Labute approximate surface area is 214 Å². The highest BCUT2D eigenvalue weighted by Gasteiger charge is 2.36. The Bertz CT molecular complexity index is 1390. The van der Waals surface area contributed by atoms with Crippen LogP contribution in [0.4, 0.5) is 5.82 Å². The molecule has 1 atom stereocenters. The van der Waals surface area contributed by atoms with Crippen molar-refractivity contribution < 1.29 is 4.79 Å². The smallest absolute Gasteiger partial charge is 0.267 e. The summed E-state index contributed by atoms with van der Waals surface area (Å²) in [5.74, 6) is 1.12. The molecule has 1 unspecified atom stereocenters. The number of amides is 1. The van der Waals surface area contributed by atoms with Gasteiger partial charge >= 0.3 is 0 Å². The molecule has 0 bridgehead atoms. The second-order valence-electron chi connectivity index (χ2n) is 9.40. The van der Waals surface area contributed by atoms with Gasteiger partial charge in [0.05, 0.1) is 16.5 Å². The molecule has 8 heteroatoms. The first-order valence-corrected chi connectivity index (χ1v) is 13.2. The average molecular weight is 505 g/mol. The zero-order chi connectivity index (χ0) is 24.7. The molecule has 0 saturated carbocycles. The molecule has 0 spiro atoms. The first-order chi connectivity index (χ1) is 16.8. The van der Waals surface area contributed by atoms with Gasteiger partial charge in [-0.1, -0.05) is 67.3 Å². The summed E-state index contributed by atoms with van der Waals surface area (Å²) < 4.78 is 2.07. The van der Waals surface area contributed by atoms with Gasteiger partial charge in [-0.25, -0.2) is 4.98 Å². The standard InChI is InChI=1S/C27H28N4O2S2/c1-17-11-13-29(14-12-17)24-21(25(32)30-16-18(2)9-10-23(30)28-24)15-22-26(33)31(27(34)35-22)19(3)20-7-5-4-6-8-20/h4-10,15-17,19H,11-14H2,1-3H3. The number of hydrogen-bond acceptors (Lipinski definition) is 6. The topological polar surface area (TPSA) is 57.9 Å². The molecule has 2 aromatic heterocycles. The first-order valence-electron chi connectivity index (χ1n) is 11.9. The third-order valence-corrected chi connectivity index (χ3v) is 8.17. The molecule has 1 amide bonds. The number of nitrogens with zero attached hydrogens (tertiary/aromatic N) is 4. The molecule has 6 nitrogen and oxygen atoms in total. The van der Waals surface area contributed by atoms with Crippen LogP contribution in [-0.4, -0.2) is 37.6 Å². The number of carbonyl (C=O) groups is 1. The predicted octanol–water partition coefficient (Wildman–Crippen LogP) is 5.20. The maximum absolute atomic E-state index is 13.7. The molecular weight excluding hydrogens is 476 g/mol. The van der Waals surface area contributed by atoms with E-state index in [1.54, 1.807) is 21.6 Å². The third kappa shape index (κ3) is 4.52. The van der Waals surface area contributed by atoms with E-state index in [-0.39, 0.29) is 17.5 Å². The average Bonchev–Trinajstić information content (AvgIpc) is 3.14. The number of aromatic nitrogens is 2. The molecule has 180 valence electrons. The van der Waals surface area contributed by atoms with E-state index >= 15 is 0 Å². The van der Waals surface area contributed by atoms with E-state index in [0.717, 1.165) is 37.1 Å². The maximum Gasteiger partial charge on any atom is 0.267 e. The van der Waals surface area contributed by atoms with Crippen molar-refractivity contribution >= 4 is 51.7 Å². The van der Waals surface area contributed by atoms with Crippen molar-refractivity contribution in [2.45, 2.75) is 39.7 Å². The molecule has 1 aromatic carbocycles. The number of thiocarbonyl (C=S) groups is 1. The van der Waals surface area contributed by atoms with Gasteiger partial charge in [-0.05, 0) is 55.9 Å². The number of carbonyl (C=O) groups excluding carboxylic acids is 1. The van der Waals surface area contributed by atoms with Crippen LogP contribution in [0.2, 0.25) is 0 Å². The van der Waals surface area contributed by atoms with Gasteiger partial charge in [-0.2, -0.15) is 0 Å². The summed E-state index contributed by atoms with van der Waals surface area (Å²) in [6.07, 6.45) is 5.59. The zero-order valence-corrected chi connectivity index (χ0v) is 21.7. The zero-order valence-electron chi connectivity index (χ0n) is 20.1. The molecule has 4 heterocycles. The molecule has 35 heavy (non-hydrogen) atoms. The van der Waals surface area contributed by atoms with E-state index in [0.29, 0.717) is 32.2 Å². The molecule has 3 aromatic rings. The minimum Gasteiger partial charge on any atom is -0.356 e. The fourth-order valence-corrected chi connectivity index (χ4v) is 6.06. The van der Waals surface area contributed by atoms with Gasteiger partial charge in [0.2, 0.25) is 0 Å². The van der Waals surface area contributed by atoms with Crippen molar-refractivity contribution in [3.8, 4) is 0 Å². The SMILES string of the molecule is Cc1ccc2nc(N3CCC(C)CC3)c(C=C3SC(=S)N(C(C)c4ccccc4)C3=O)c(=O)n2c1. The van der Waals surface area contributed by atoms with Crippen LogP contribution in [0, 0.1) is 12.8 Å². The van der Waals surface area contributed by atoms with Crippen molar-refractivity contribution in [2.24, 2.45) is 5.92 Å². The molecule has 2 fully saturated rings. The van der Waals surface area contributed by atoms with E-state index in [9.17, 15) is 9.59 Å². The van der Waals surface area contributed by atoms with Gasteiger partial charge in [0, 0.05) is 19.3 Å². The normalized spacial score (nSPS) is 19.2. The third-order valence-electron chi connectivity index (χ3n) is 6.84. The summed E-state index contributed by atoms with van der Waals surface area (Å²) in [5, 5.41) is 0. The highest BCUT2D eigenvalue weighted by atomic mass is 32.2. The predicted molar refractivity (Wildman–Crippen MR) is 147 cm³/mol. The number of benzene rings is 1. The highest BCUT2D eigenvalue weighted by Crippen LogP contribution is 2.38. The van der Waals surface area contributed by atoms with Crippen LogP contribution in [0.3, 0.4) is 0 Å². The number of pyridine rings is 1. The molecule has 0 N–H and O–H groups in total. The van der Waals surface area contributed by atoms with Gasteiger partial charge in [-0.15, -0.1) is 0 Å². The van der Waals surface area contributed by atoms with E-state index in [1.165, 1.54) is 11.8 Å². The molecule has 2 aliphatic rings. The van der Waals surface area contributed by atoms with Gasteiger partial charge < -0.3 is 4.90 Å². The summed E-state index contributed by atoms with van der Waals surface area (Å²) in [6.45, 7) is 7.84. The monoisotopic (exact) mass is 504 g/mol. The Morgan fingerprint density at radius 2 is 1.83 bits per heavy atom. The van der Waals surface area contributed by atoms with E-state index < -0.39 is 0 Å². The maximum atomic E-state index is 13.7. The van der Waals surface area contributed by atoms with Crippen molar-refractivity contribution in [3.63, 3.8) is 0 Å². The summed E-state index contributed by atoms with van der Waals surface area (Å²) in [5.41, 5.74) is 2.85. The van der Waals surface area contributed by atoms with Crippen molar-refractivity contribution in [1.82, 2.24) is 14.3 Å². The van der Waals surface area contributed by atoms with Crippen LogP contribution in [0.15, 0.2) is 58.4 Å². The number of hydrogen-bond donors (Lipinski definition) is 0. The van der Waals surface area contributed by atoms with Crippen LogP contribution in [0.1, 0.15) is 49.4 Å². The van der Waals surface area contributed by atoms with E-state index in [1.807, 2.05) is 56.3 Å². The van der Waals surface area contributed by atoms with Gasteiger partial charge in [0.1, 0.15) is 15.8 Å². The van der Waals surface area contributed by atoms with Crippen LogP contribution in [0.25, 0.3) is 11.7 Å². The second kappa shape index (κ2) is 9.59. The lowest BCUT2D eigenvalue weighted by Gasteiger charge is -2.32. The number of thioether (sulfide) groups is 1. The molecule has 0 aliphatic carbocycles.